The zero-order valence-corrected chi connectivity index (χ0v) is 15.0. The Morgan fingerprint density at radius 1 is 1.07 bits per heavy atom. The first kappa shape index (κ1) is 17.1. The van der Waals surface area contributed by atoms with Crippen molar-refractivity contribution >= 4 is 11.6 Å². The van der Waals surface area contributed by atoms with Crippen molar-refractivity contribution in [3.8, 4) is 22.8 Å². The van der Waals surface area contributed by atoms with Crippen LogP contribution in [-0.4, -0.2) is 24.3 Å². The molecule has 2 aromatic carbocycles. The lowest BCUT2D eigenvalue weighted by Crippen LogP contribution is -2.15. The van der Waals surface area contributed by atoms with Gasteiger partial charge in [0, 0.05) is 17.3 Å². The Balaban J connectivity index is 1.46. The second-order valence-corrected chi connectivity index (χ2v) is 6.28. The zero-order valence-electron chi connectivity index (χ0n) is 15.0. The quantitative estimate of drug-likeness (QED) is 0.744. The van der Waals surface area contributed by atoms with Crippen LogP contribution in [-0.2, 0) is 17.6 Å². The molecule has 1 aliphatic heterocycles. The lowest BCUT2D eigenvalue weighted by molar-refractivity contribution is -0.115. The van der Waals surface area contributed by atoms with Gasteiger partial charge in [-0.1, -0.05) is 30.3 Å². The summed E-state index contributed by atoms with van der Waals surface area (Å²) in [5.74, 6) is 1.87. The maximum absolute atomic E-state index is 12.4. The summed E-state index contributed by atoms with van der Waals surface area (Å²) >= 11 is 0. The van der Waals surface area contributed by atoms with Crippen LogP contribution < -0.4 is 14.8 Å². The summed E-state index contributed by atoms with van der Waals surface area (Å²) in [4.78, 5) is 12.4. The van der Waals surface area contributed by atoms with Crippen LogP contribution in [0.4, 0.5) is 5.69 Å². The van der Waals surface area contributed by atoms with Crippen molar-refractivity contribution < 1.29 is 18.8 Å². The molecule has 27 heavy (non-hydrogen) atoms. The first-order valence-electron chi connectivity index (χ1n) is 8.96. The number of hydrogen-bond donors (Lipinski definition) is 1. The van der Waals surface area contributed by atoms with E-state index < -0.39 is 0 Å². The van der Waals surface area contributed by atoms with Crippen LogP contribution in [0.3, 0.4) is 0 Å². The van der Waals surface area contributed by atoms with E-state index in [0.29, 0.717) is 30.4 Å². The van der Waals surface area contributed by atoms with Gasteiger partial charge in [0.1, 0.15) is 13.2 Å². The highest BCUT2D eigenvalue weighted by Gasteiger charge is 2.16. The van der Waals surface area contributed by atoms with E-state index in [1.807, 2.05) is 42.5 Å². The minimum Gasteiger partial charge on any atom is -0.486 e. The smallest absolute Gasteiger partial charge is 0.230 e. The monoisotopic (exact) mass is 364 g/mol. The number of para-hydroxylation sites is 1. The van der Waals surface area contributed by atoms with E-state index in [0.717, 1.165) is 29.0 Å². The van der Waals surface area contributed by atoms with E-state index in [1.54, 1.807) is 6.07 Å². The Morgan fingerprint density at radius 3 is 2.74 bits per heavy atom. The fourth-order valence-electron chi connectivity index (χ4n) is 3.04. The van der Waals surface area contributed by atoms with Crippen LogP contribution in [0.1, 0.15) is 18.2 Å². The van der Waals surface area contributed by atoms with E-state index in [1.165, 1.54) is 0 Å². The normalized spacial score (nSPS) is 12.6. The van der Waals surface area contributed by atoms with Gasteiger partial charge in [-0.2, -0.15) is 0 Å². The van der Waals surface area contributed by atoms with E-state index in [4.69, 9.17) is 14.0 Å². The number of carbonyl (C=O) groups is 1. The van der Waals surface area contributed by atoms with Gasteiger partial charge in [-0.3, -0.25) is 4.79 Å². The largest absolute Gasteiger partial charge is 0.486 e. The first-order valence-corrected chi connectivity index (χ1v) is 8.96. The molecular formula is C21H20N2O4. The Hall–Kier alpha value is -3.28. The number of ether oxygens (including phenoxy) is 2. The second-order valence-electron chi connectivity index (χ2n) is 6.28. The van der Waals surface area contributed by atoms with E-state index >= 15 is 0 Å². The molecule has 0 unspecified atom stereocenters. The van der Waals surface area contributed by atoms with Gasteiger partial charge < -0.3 is 19.3 Å². The van der Waals surface area contributed by atoms with Crippen LogP contribution in [0.5, 0.6) is 11.5 Å². The highest BCUT2D eigenvalue weighted by atomic mass is 16.6. The molecule has 0 fully saturated rings. The average molecular weight is 364 g/mol. The van der Waals surface area contributed by atoms with Gasteiger partial charge in [0.05, 0.1) is 12.1 Å². The van der Waals surface area contributed by atoms with Gasteiger partial charge in [-0.05, 0) is 36.2 Å². The summed E-state index contributed by atoms with van der Waals surface area (Å²) in [5.41, 5.74) is 3.34. The molecule has 0 atom stereocenters. The third-order valence-corrected chi connectivity index (χ3v) is 4.40. The molecule has 0 saturated carbocycles. The average Bonchev–Trinajstić information content (AvgIpc) is 3.16. The molecule has 1 N–H and O–H groups in total. The van der Waals surface area contributed by atoms with Crippen LogP contribution in [0.15, 0.2) is 53.1 Å². The summed E-state index contributed by atoms with van der Waals surface area (Å²) in [6.07, 6.45) is 1.00. The number of rotatable bonds is 5. The van der Waals surface area contributed by atoms with Crippen molar-refractivity contribution in [3.63, 3.8) is 0 Å². The van der Waals surface area contributed by atoms with E-state index in [9.17, 15) is 4.79 Å². The van der Waals surface area contributed by atoms with Crippen LogP contribution in [0.2, 0.25) is 0 Å². The summed E-state index contributed by atoms with van der Waals surface area (Å²) < 4.78 is 16.5. The lowest BCUT2D eigenvalue weighted by atomic mass is 10.1. The summed E-state index contributed by atoms with van der Waals surface area (Å²) in [5, 5.41) is 6.96. The Kier molecular flexibility index (Phi) is 4.78. The zero-order chi connectivity index (χ0) is 18.6. The minimum absolute atomic E-state index is 0.127. The van der Waals surface area contributed by atoms with Gasteiger partial charge in [-0.25, -0.2) is 0 Å². The number of carbonyl (C=O) groups excluding carboxylic acids is 1. The molecular weight excluding hydrogens is 344 g/mol. The van der Waals surface area contributed by atoms with Crippen molar-refractivity contribution in [1.29, 1.82) is 0 Å². The summed E-state index contributed by atoms with van der Waals surface area (Å²) in [6, 6.07) is 15.1. The number of anilines is 1. The van der Waals surface area contributed by atoms with Crippen molar-refractivity contribution in [1.82, 2.24) is 5.16 Å². The van der Waals surface area contributed by atoms with Gasteiger partial charge in [-0.15, -0.1) is 0 Å². The second kappa shape index (κ2) is 7.53. The van der Waals surface area contributed by atoms with Gasteiger partial charge in [0.25, 0.3) is 0 Å². The minimum atomic E-state index is -0.127. The maximum Gasteiger partial charge on any atom is 0.230 e. The molecule has 0 bridgehead atoms. The molecule has 0 aliphatic carbocycles. The standard InChI is InChI=1S/C21H20N2O4/c1-2-14-5-3-4-6-17(14)22-21(24)13-16-12-19(27-23-16)15-7-8-18-20(11-15)26-10-9-25-18/h3-8,11-12H,2,9-10,13H2,1H3,(H,22,24). The SMILES string of the molecule is CCc1ccccc1NC(=O)Cc1cc(-c2ccc3c(c2)OCCO3)on1. The predicted octanol–water partition coefficient (Wildman–Crippen LogP) is 3.86. The third kappa shape index (κ3) is 3.79. The maximum atomic E-state index is 12.4. The van der Waals surface area contributed by atoms with Gasteiger partial charge in [0.15, 0.2) is 17.3 Å². The van der Waals surface area contributed by atoms with Gasteiger partial charge in [0.2, 0.25) is 5.91 Å². The lowest BCUT2D eigenvalue weighted by Gasteiger charge is -2.18. The number of aryl methyl sites for hydroxylation is 1. The number of nitrogens with one attached hydrogen (secondary N) is 1. The Bertz CT molecular complexity index is 964. The first-order chi connectivity index (χ1) is 13.2. The van der Waals surface area contributed by atoms with Gasteiger partial charge >= 0.3 is 0 Å². The van der Waals surface area contributed by atoms with E-state index in [2.05, 4.69) is 17.4 Å². The van der Waals surface area contributed by atoms with Crippen molar-refractivity contribution in [3.05, 3.63) is 59.8 Å². The topological polar surface area (TPSA) is 73.6 Å². The molecule has 2 heterocycles. The number of aromatic nitrogens is 1. The summed E-state index contributed by atoms with van der Waals surface area (Å²) in [7, 11) is 0. The molecule has 0 radical (unpaired) electrons. The summed E-state index contributed by atoms with van der Waals surface area (Å²) in [6.45, 7) is 3.13. The highest BCUT2D eigenvalue weighted by molar-refractivity contribution is 5.92. The molecule has 1 aromatic heterocycles. The number of benzene rings is 2. The molecule has 0 saturated heterocycles. The van der Waals surface area contributed by atoms with Crippen molar-refractivity contribution in [2.24, 2.45) is 0 Å². The highest BCUT2D eigenvalue weighted by Crippen LogP contribution is 2.34. The fraction of sp³-hybridized carbons (Fsp3) is 0.238. The number of nitrogens with zero attached hydrogens (tertiary/aromatic N) is 1. The molecule has 3 aromatic rings. The Morgan fingerprint density at radius 2 is 1.89 bits per heavy atom. The molecule has 0 spiro atoms. The third-order valence-electron chi connectivity index (χ3n) is 4.40. The van der Waals surface area contributed by atoms with Crippen LogP contribution >= 0.6 is 0 Å². The molecule has 1 aliphatic rings. The molecule has 138 valence electrons. The number of hydrogen-bond acceptors (Lipinski definition) is 5. The number of amides is 1. The van der Waals surface area contributed by atoms with Crippen LogP contribution in [0.25, 0.3) is 11.3 Å². The molecule has 6 heteroatoms. The van der Waals surface area contributed by atoms with Crippen molar-refractivity contribution in [2.45, 2.75) is 19.8 Å². The van der Waals surface area contributed by atoms with Crippen molar-refractivity contribution in [2.75, 3.05) is 18.5 Å². The number of fused-ring (bicyclic) bond motifs is 1. The fourth-order valence-corrected chi connectivity index (χ4v) is 3.04. The molecule has 1 amide bonds. The molecule has 4 rings (SSSR count). The van der Waals surface area contributed by atoms with Crippen LogP contribution in [0, 0.1) is 0 Å². The predicted molar refractivity (Wildman–Crippen MR) is 101 cm³/mol. The van der Waals surface area contributed by atoms with E-state index in [-0.39, 0.29) is 12.3 Å². The Labute approximate surface area is 157 Å². The molecule has 6 nitrogen and oxygen atoms in total.